The van der Waals surface area contributed by atoms with Crippen LogP contribution in [0.15, 0.2) is 43.4 Å². The second kappa shape index (κ2) is 12.3. The first kappa shape index (κ1) is 33.3. The van der Waals surface area contributed by atoms with Crippen molar-refractivity contribution in [1.82, 2.24) is 4.90 Å². The summed E-state index contributed by atoms with van der Waals surface area (Å²) in [6.07, 6.45) is 0.474. The van der Waals surface area contributed by atoms with Crippen molar-refractivity contribution < 1.29 is 52.5 Å². The Morgan fingerprint density at radius 3 is 1.91 bits per heavy atom. The zero-order chi connectivity index (χ0) is 33.7. The van der Waals surface area contributed by atoms with Gasteiger partial charge in [-0.25, -0.2) is 14.4 Å². The smallest absolute Gasteiger partial charge is 0.345 e. The number of anilines is 1. The quantitative estimate of drug-likeness (QED) is 0.178. The van der Waals surface area contributed by atoms with Gasteiger partial charge in [-0.2, -0.15) is 0 Å². The van der Waals surface area contributed by atoms with Gasteiger partial charge in [0.15, 0.2) is 0 Å². The molecule has 0 radical (unpaired) electrons. The van der Waals surface area contributed by atoms with E-state index in [4.69, 9.17) is 18.9 Å². The summed E-state index contributed by atoms with van der Waals surface area (Å²) in [6, 6.07) is 4.96. The summed E-state index contributed by atoms with van der Waals surface area (Å²) in [6.45, 7) is 2.86. The first-order chi connectivity index (χ1) is 21.8. The molecule has 1 aromatic rings. The van der Waals surface area contributed by atoms with Crippen molar-refractivity contribution in [3.63, 3.8) is 0 Å². The summed E-state index contributed by atoms with van der Waals surface area (Å²) in [5.41, 5.74) is -0.356. The van der Waals surface area contributed by atoms with E-state index in [0.29, 0.717) is 22.3 Å². The van der Waals surface area contributed by atoms with Crippen molar-refractivity contribution in [3.8, 4) is 5.75 Å². The minimum atomic E-state index is -1.65. The Morgan fingerprint density at radius 1 is 0.870 bits per heavy atom. The van der Waals surface area contributed by atoms with Gasteiger partial charge in [0.25, 0.3) is 0 Å². The number of amides is 3. The number of rotatable bonds is 7. The number of para-hydroxylation sites is 1. The van der Waals surface area contributed by atoms with Crippen LogP contribution in [0.25, 0.3) is 5.57 Å². The summed E-state index contributed by atoms with van der Waals surface area (Å²) in [5, 5.41) is 0. The Labute approximate surface area is 276 Å². The van der Waals surface area contributed by atoms with Crippen LogP contribution in [-0.2, 0) is 47.8 Å². The average molecular weight is 689 g/mol. The van der Waals surface area contributed by atoms with Gasteiger partial charge in [0, 0.05) is 34.5 Å². The van der Waals surface area contributed by atoms with Crippen LogP contribution in [-0.4, -0.2) is 91.4 Å². The fraction of sp³-hybridized carbons (Fsp3) is 0.367. The predicted molar refractivity (Wildman–Crippen MR) is 169 cm³/mol. The van der Waals surface area contributed by atoms with Gasteiger partial charge in [-0.3, -0.25) is 29.0 Å². The van der Waals surface area contributed by atoms with E-state index in [-0.39, 0.29) is 44.6 Å². The minimum Gasteiger partial charge on any atom is -0.495 e. The number of thioether (sulfide) groups is 3. The average Bonchev–Trinajstić information content (AvgIpc) is 3.59. The molecular weight excluding hydrogens is 661 g/mol. The van der Waals surface area contributed by atoms with E-state index in [1.165, 1.54) is 12.0 Å². The molecule has 0 unspecified atom stereocenters. The number of ether oxygens (including phenoxy) is 4. The van der Waals surface area contributed by atoms with Crippen molar-refractivity contribution in [2.75, 3.05) is 39.9 Å². The van der Waals surface area contributed by atoms with Gasteiger partial charge in [0.2, 0.25) is 17.7 Å². The van der Waals surface area contributed by atoms with Crippen LogP contribution in [0.4, 0.5) is 5.69 Å². The Balaban J connectivity index is 1.82. The van der Waals surface area contributed by atoms with E-state index < -0.39 is 51.8 Å². The Kier molecular flexibility index (Phi) is 8.92. The molecule has 1 fully saturated rings. The van der Waals surface area contributed by atoms with E-state index >= 15 is 0 Å². The van der Waals surface area contributed by atoms with Crippen molar-refractivity contribution in [3.05, 3.63) is 49.0 Å². The molecule has 0 aromatic heterocycles. The van der Waals surface area contributed by atoms with Crippen LogP contribution in [0, 0.1) is 0 Å². The van der Waals surface area contributed by atoms with Crippen molar-refractivity contribution in [2.24, 2.45) is 0 Å². The number of methoxy groups -OCH3 is 4. The van der Waals surface area contributed by atoms with Gasteiger partial charge in [-0.05, 0) is 19.9 Å². The number of esters is 3. The Bertz CT molecular complexity index is 1680. The number of carbonyl (C=O) groups is 7. The molecule has 1 saturated heterocycles. The van der Waals surface area contributed by atoms with E-state index in [9.17, 15) is 33.6 Å². The largest absolute Gasteiger partial charge is 0.495 e. The van der Waals surface area contributed by atoms with Crippen LogP contribution < -0.4 is 9.64 Å². The third kappa shape index (κ3) is 4.93. The van der Waals surface area contributed by atoms with Gasteiger partial charge < -0.3 is 18.9 Å². The molecule has 13 nitrogen and oxygen atoms in total. The number of aldehydes is 1. The van der Waals surface area contributed by atoms with Gasteiger partial charge in [-0.15, -0.1) is 0 Å². The second-order valence-electron chi connectivity index (χ2n) is 10.6. The summed E-state index contributed by atoms with van der Waals surface area (Å²) >= 11 is 2.59. The number of imide groups is 1. The highest BCUT2D eigenvalue weighted by Gasteiger charge is 2.60. The van der Waals surface area contributed by atoms with Gasteiger partial charge in [0.1, 0.15) is 37.4 Å². The molecule has 1 aromatic carbocycles. The lowest BCUT2D eigenvalue weighted by Gasteiger charge is -2.51. The SMILES string of the molecule is COC(=O)C1=C(C(=O)OC)SC2(S1)C(C=O)=C(C(=O)OC)SC1=C2c2cccc(OC)c2N(C(=O)CN2C(=O)CCC2=O)C1(C)C. The maximum absolute atomic E-state index is 14.2. The molecule has 16 heteroatoms. The topological polar surface area (TPSA) is 163 Å². The molecule has 0 aliphatic carbocycles. The summed E-state index contributed by atoms with van der Waals surface area (Å²) in [7, 11) is 4.84. The molecule has 46 heavy (non-hydrogen) atoms. The molecule has 4 heterocycles. The fourth-order valence-electron chi connectivity index (χ4n) is 5.76. The summed E-state index contributed by atoms with van der Waals surface area (Å²) in [5.74, 6) is -3.88. The first-order valence-corrected chi connectivity index (χ1v) is 16.1. The first-order valence-electron chi connectivity index (χ1n) is 13.7. The number of benzene rings is 1. The van der Waals surface area contributed by atoms with Crippen LogP contribution in [0.3, 0.4) is 0 Å². The third-order valence-corrected chi connectivity index (χ3v) is 12.5. The Morgan fingerprint density at radius 2 is 1.41 bits per heavy atom. The highest BCUT2D eigenvalue weighted by atomic mass is 32.2. The van der Waals surface area contributed by atoms with E-state index in [1.807, 2.05) is 0 Å². The number of fused-ring (bicyclic) bond motifs is 3. The summed E-state index contributed by atoms with van der Waals surface area (Å²) in [4.78, 5) is 93.9. The van der Waals surface area contributed by atoms with Crippen molar-refractivity contribution >= 4 is 88.5 Å². The highest BCUT2D eigenvalue weighted by molar-refractivity contribution is 8.26. The lowest BCUT2D eigenvalue weighted by atomic mass is 9.83. The van der Waals surface area contributed by atoms with E-state index in [1.54, 1.807) is 32.0 Å². The highest BCUT2D eigenvalue weighted by Crippen LogP contribution is 2.71. The van der Waals surface area contributed by atoms with Crippen LogP contribution >= 0.6 is 35.3 Å². The fourth-order valence-corrected chi connectivity index (χ4v) is 10.7. The Hall–Kier alpha value is -4.02. The second-order valence-corrected chi connectivity index (χ2v) is 14.4. The van der Waals surface area contributed by atoms with Gasteiger partial charge in [0.05, 0.1) is 39.7 Å². The number of hydrogen-bond acceptors (Lipinski definition) is 14. The molecule has 1 spiro atoms. The lowest BCUT2D eigenvalue weighted by Crippen LogP contribution is -2.56. The summed E-state index contributed by atoms with van der Waals surface area (Å²) < 4.78 is 19.1. The third-order valence-electron chi connectivity index (χ3n) is 7.81. The van der Waals surface area contributed by atoms with Crippen LogP contribution in [0.1, 0.15) is 32.3 Å². The normalized spacial score (nSPS) is 19.7. The van der Waals surface area contributed by atoms with Gasteiger partial charge in [-0.1, -0.05) is 47.4 Å². The zero-order valence-corrected chi connectivity index (χ0v) is 28.0. The molecule has 3 amide bonds. The molecule has 242 valence electrons. The number of carbonyl (C=O) groups excluding carboxylic acids is 7. The lowest BCUT2D eigenvalue weighted by molar-refractivity contribution is -0.142. The number of likely N-dealkylation sites (tertiary alicyclic amines) is 1. The molecule has 0 saturated carbocycles. The van der Waals surface area contributed by atoms with Crippen LogP contribution in [0.5, 0.6) is 5.75 Å². The maximum Gasteiger partial charge on any atom is 0.345 e. The monoisotopic (exact) mass is 688 g/mol. The predicted octanol–water partition coefficient (Wildman–Crippen LogP) is 2.79. The maximum atomic E-state index is 14.2. The van der Waals surface area contributed by atoms with E-state index in [0.717, 1.165) is 61.5 Å². The van der Waals surface area contributed by atoms with Gasteiger partial charge >= 0.3 is 17.9 Å². The van der Waals surface area contributed by atoms with Crippen LogP contribution in [0.2, 0.25) is 0 Å². The molecule has 4 aliphatic heterocycles. The van der Waals surface area contributed by atoms with E-state index in [2.05, 4.69) is 0 Å². The molecule has 0 atom stereocenters. The van der Waals surface area contributed by atoms with Crippen molar-refractivity contribution in [1.29, 1.82) is 0 Å². The molecular formula is C30H28N2O11S3. The standard InChI is InChI=1S/C30H28N2O11S3/c1-29(2)25-20(14-8-7-9-16(40-3)21(14)32(29)19(36)12-31-17(34)10-11-18(31)35)30(15(13-33)22(44-25)26(37)41-4)45-23(27(38)42-5)24(46-30)28(39)43-6/h7-9,13H,10-12H2,1-6H3. The van der Waals surface area contributed by atoms with Crippen molar-refractivity contribution in [2.45, 2.75) is 36.3 Å². The number of hydrogen-bond donors (Lipinski definition) is 0. The molecule has 0 N–H and O–H groups in total. The molecule has 4 aliphatic rings. The minimum absolute atomic E-state index is 0.00263. The molecule has 5 rings (SSSR count). The molecule has 0 bridgehead atoms. The number of nitrogens with zero attached hydrogens (tertiary/aromatic N) is 2. The zero-order valence-electron chi connectivity index (χ0n) is 25.5.